The number of pyridine rings is 1. The second-order valence-electron chi connectivity index (χ2n) is 9.16. The number of nitrogens with one attached hydrogen (secondary N) is 3. The number of fused-ring (bicyclic) bond motifs is 1. The molecule has 5 rings (SSSR count). The number of aryl methyl sites for hydroxylation is 1. The van der Waals surface area contributed by atoms with E-state index in [0.29, 0.717) is 16.8 Å². The Hall–Kier alpha value is -2.67. The molecule has 2 fully saturated rings. The van der Waals surface area contributed by atoms with Crippen LogP contribution in [0.4, 0.5) is 0 Å². The first-order valence-electron chi connectivity index (χ1n) is 10.7. The Labute approximate surface area is 189 Å². The first-order valence-corrected chi connectivity index (χ1v) is 11.5. The third-order valence-corrected chi connectivity index (χ3v) is 7.81. The van der Waals surface area contributed by atoms with Gasteiger partial charge >= 0.3 is 0 Å². The van der Waals surface area contributed by atoms with Gasteiger partial charge in [0.1, 0.15) is 11.4 Å². The highest BCUT2D eigenvalue weighted by molar-refractivity contribution is 9.10. The van der Waals surface area contributed by atoms with Crippen LogP contribution in [-0.2, 0) is 11.8 Å². The van der Waals surface area contributed by atoms with Crippen LogP contribution in [0.15, 0.2) is 45.8 Å². The molecule has 2 saturated carbocycles. The molecule has 0 saturated heterocycles. The first kappa shape index (κ1) is 20.2. The van der Waals surface area contributed by atoms with Crippen molar-refractivity contribution in [2.45, 2.75) is 44.4 Å². The molecule has 2 aliphatic carbocycles. The molecule has 2 aromatic heterocycles. The van der Waals surface area contributed by atoms with E-state index in [9.17, 15) is 4.79 Å². The topological polar surface area (TPSA) is 88.7 Å². The summed E-state index contributed by atoms with van der Waals surface area (Å²) < 4.78 is 2.55. The number of hydrogen-bond acceptors (Lipinski definition) is 3. The molecule has 2 heterocycles. The van der Waals surface area contributed by atoms with Crippen molar-refractivity contribution in [2.75, 3.05) is 7.05 Å². The Morgan fingerprint density at radius 2 is 2.06 bits per heavy atom. The van der Waals surface area contributed by atoms with Crippen LogP contribution in [0, 0.1) is 16.2 Å². The minimum absolute atomic E-state index is 0.0805. The van der Waals surface area contributed by atoms with E-state index in [-0.39, 0.29) is 5.56 Å². The summed E-state index contributed by atoms with van der Waals surface area (Å²) in [6.45, 7) is 2.06. The van der Waals surface area contributed by atoms with Crippen LogP contribution in [0.5, 0.6) is 0 Å². The second-order valence-corrected chi connectivity index (χ2v) is 10.0. The van der Waals surface area contributed by atoms with Gasteiger partial charge in [-0.15, -0.1) is 0 Å². The lowest BCUT2D eigenvalue weighted by molar-refractivity contribution is 0.174. The summed E-state index contributed by atoms with van der Waals surface area (Å²) in [4.78, 5) is 18.1. The third-order valence-electron chi connectivity index (χ3n) is 7.17. The number of benzene rings is 1. The summed E-state index contributed by atoms with van der Waals surface area (Å²) in [5.74, 6) is 0.457. The molecule has 0 atom stereocenters. The highest BCUT2D eigenvalue weighted by Gasteiger charge is 2.63. The van der Waals surface area contributed by atoms with E-state index in [1.165, 1.54) is 19.2 Å². The second kappa shape index (κ2) is 6.92. The van der Waals surface area contributed by atoms with Gasteiger partial charge < -0.3 is 9.88 Å². The minimum Gasteiger partial charge on any atom is -0.354 e. The van der Waals surface area contributed by atoms with E-state index in [1.807, 2.05) is 30.5 Å². The molecule has 6 nitrogen and oxygen atoms in total. The molecule has 0 aliphatic heterocycles. The molecular weight excluding hydrogens is 454 g/mol. The van der Waals surface area contributed by atoms with Gasteiger partial charge in [0, 0.05) is 34.5 Å². The summed E-state index contributed by atoms with van der Waals surface area (Å²) in [6.07, 6.45) is 8.21. The van der Waals surface area contributed by atoms with Crippen molar-refractivity contribution >= 4 is 39.0 Å². The van der Waals surface area contributed by atoms with Crippen LogP contribution < -0.4 is 5.56 Å². The molecule has 0 bridgehead atoms. The number of halogens is 1. The van der Waals surface area contributed by atoms with Gasteiger partial charge in [-0.3, -0.25) is 20.2 Å². The van der Waals surface area contributed by atoms with Crippen molar-refractivity contribution < 1.29 is 0 Å². The quantitative estimate of drug-likeness (QED) is 0.356. The summed E-state index contributed by atoms with van der Waals surface area (Å²) in [5, 5.41) is 17.3. The zero-order chi connectivity index (χ0) is 22.0. The van der Waals surface area contributed by atoms with Crippen LogP contribution in [-0.4, -0.2) is 33.7 Å². The minimum atomic E-state index is -0.397. The van der Waals surface area contributed by atoms with Crippen LogP contribution in [0.3, 0.4) is 0 Å². The maximum absolute atomic E-state index is 13.3. The van der Waals surface area contributed by atoms with E-state index in [1.54, 1.807) is 16.5 Å². The van der Waals surface area contributed by atoms with E-state index in [4.69, 9.17) is 10.8 Å². The van der Waals surface area contributed by atoms with E-state index in [0.717, 1.165) is 46.1 Å². The molecular formula is C24H26BrN5O. The Morgan fingerprint density at radius 1 is 1.32 bits per heavy atom. The molecule has 3 N–H and O–H groups in total. The lowest BCUT2D eigenvalue weighted by Crippen LogP contribution is -2.53. The Balaban J connectivity index is 1.62. The zero-order valence-corrected chi connectivity index (χ0v) is 19.3. The fourth-order valence-corrected chi connectivity index (χ4v) is 5.75. The van der Waals surface area contributed by atoms with Gasteiger partial charge in [-0.2, -0.15) is 0 Å². The lowest BCUT2D eigenvalue weighted by atomic mass is 9.55. The van der Waals surface area contributed by atoms with E-state index < -0.39 is 5.41 Å². The van der Waals surface area contributed by atoms with E-state index in [2.05, 4.69) is 33.9 Å². The van der Waals surface area contributed by atoms with Gasteiger partial charge in [0.25, 0.3) is 5.56 Å². The normalized spacial score (nSPS) is 18.0. The number of aromatic nitrogens is 2. The summed E-state index contributed by atoms with van der Waals surface area (Å²) in [6, 6.07) is 10.0. The first-order chi connectivity index (χ1) is 14.8. The SMILES string of the molecule is CCc1cc2c(Br)cn(-c3cccc(C4(C(=N)N(C)C=N)CC5(CC5)C4)c3)c(=O)c2[nH]1. The number of hydrogen-bond donors (Lipinski definition) is 3. The standard InChI is InChI=1S/C24H26BrN5O/c1-3-16-10-18-19(25)11-30(21(31)20(18)28-16)17-6-4-5-15(9-17)24(22(27)29(2)14-26)12-23(13-24)7-8-23/h4-6,9-11,14,26-28H,3,7-8,12-13H2,1-2H3. The van der Waals surface area contributed by atoms with E-state index >= 15 is 0 Å². The van der Waals surface area contributed by atoms with Gasteiger partial charge in [-0.1, -0.05) is 19.1 Å². The smallest absolute Gasteiger partial charge is 0.279 e. The van der Waals surface area contributed by atoms with Crippen LogP contribution in [0.2, 0.25) is 0 Å². The molecule has 7 heteroatoms. The van der Waals surface area contributed by atoms with Crippen molar-refractivity contribution in [3.63, 3.8) is 0 Å². The monoisotopic (exact) mass is 479 g/mol. The van der Waals surface area contributed by atoms with Gasteiger partial charge in [0.2, 0.25) is 0 Å². The van der Waals surface area contributed by atoms with Crippen LogP contribution >= 0.6 is 15.9 Å². The molecule has 0 unspecified atom stereocenters. The van der Waals surface area contributed by atoms with Crippen LogP contribution in [0.25, 0.3) is 16.6 Å². The Morgan fingerprint density at radius 3 is 2.71 bits per heavy atom. The number of H-pyrrole nitrogens is 1. The van der Waals surface area contributed by atoms with Crippen molar-refractivity contribution in [1.29, 1.82) is 10.8 Å². The molecule has 31 heavy (non-hydrogen) atoms. The maximum atomic E-state index is 13.3. The molecule has 2 aliphatic rings. The van der Waals surface area contributed by atoms with Gasteiger partial charge in [0.05, 0.1) is 11.8 Å². The number of nitrogens with zero attached hydrogens (tertiary/aromatic N) is 2. The molecule has 1 spiro atoms. The largest absolute Gasteiger partial charge is 0.354 e. The summed E-state index contributed by atoms with van der Waals surface area (Å²) in [5.41, 5.74) is 3.37. The summed E-state index contributed by atoms with van der Waals surface area (Å²) >= 11 is 3.63. The van der Waals surface area contributed by atoms with Crippen LogP contribution in [0.1, 0.15) is 43.9 Å². The highest BCUT2D eigenvalue weighted by atomic mass is 79.9. The zero-order valence-electron chi connectivity index (χ0n) is 17.8. The molecule has 3 aromatic rings. The van der Waals surface area contributed by atoms with Gasteiger partial charge in [-0.25, -0.2) is 0 Å². The highest BCUT2D eigenvalue weighted by Crippen LogP contribution is 2.69. The number of rotatable bonds is 5. The third kappa shape index (κ3) is 3.01. The van der Waals surface area contributed by atoms with Crippen molar-refractivity contribution in [1.82, 2.24) is 14.5 Å². The van der Waals surface area contributed by atoms with Gasteiger partial charge in [0.15, 0.2) is 0 Å². The van der Waals surface area contributed by atoms with Gasteiger partial charge in [-0.05, 0) is 77.2 Å². The van der Waals surface area contributed by atoms with Crippen molar-refractivity contribution in [3.8, 4) is 5.69 Å². The number of likely N-dealkylation sites (N-methyl/N-ethyl adjacent to an activating group) is 1. The lowest BCUT2D eigenvalue weighted by Gasteiger charge is -2.50. The maximum Gasteiger partial charge on any atom is 0.279 e. The number of amidine groups is 1. The molecule has 160 valence electrons. The Kier molecular flexibility index (Phi) is 4.52. The fraction of sp³-hybridized carbons (Fsp3) is 0.375. The average Bonchev–Trinajstić information content (AvgIpc) is 3.43. The Bertz CT molecular complexity index is 1270. The molecule has 0 amide bonds. The molecule has 0 radical (unpaired) electrons. The van der Waals surface area contributed by atoms with Crippen molar-refractivity contribution in [2.24, 2.45) is 5.41 Å². The van der Waals surface area contributed by atoms with Crippen molar-refractivity contribution in [3.05, 3.63) is 62.6 Å². The average molecular weight is 480 g/mol. The predicted molar refractivity (Wildman–Crippen MR) is 128 cm³/mol. The predicted octanol–water partition coefficient (Wildman–Crippen LogP) is 4.97. The fourth-order valence-electron chi connectivity index (χ4n) is 5.23. The number of aromatic amines is 1. The summed E-state index contributed by atoms with van der Waals surface area (Å²) in [7, 11) is 1.77. The molecule has 1 aromatic carbocycles.